The van der Waals surface area contributed by atoms with Crippen LogP contribution in [0.1, 0.15) is 19.3 Å². The lowest BCUT2D eigenvalue weighted by molar-refractivity contribution is -0.112. The van der Waals surface area contributed by atoms with E-state index in [0.717, 1.165) is 25.0 Å². The van der Waals surface area contributed by atoms with Crippen molar-refractivity contribution in [2.75, 3.05) is 18.5 Å². The van der Waals surface area contributed by atoms with Gasteiger partial charge in [0, 0.05) is 25.0 Å². The maximum atomic E-state index is 12.2. The molecule has 0 unspecified atom stereocenters. The molecule has 0 spiro atoms. The van der Waals surface area contributed by atoms with Gasteiger partial charge in [0.1, 0.15) is 23.1 Å². The number of aliphatic hydroxyl groups is 1. The minimum atomic E-state index is -0.475. The number of hydrogen-bond donors (Lipinski definition) is 3. The highest BCUT2D eigenvalue weighted by Crippen LogP contribution is 2.22. The summed E-state index contributed by atoms with van der Waals surface area (Å²) < 4.78 is 5.70. The molecule has 2 aromatic carbocycles. The average molecular weight is 365 g/mol. The number of carbonyl (C=O) groups is 1. The van der Waals surface area contributed by atoms with Crippen molar-refractivity contribution in [3.63, 3.8) is 0 Å². The third-order valence-corrected chi connectivity index (χ3v) is 3.68. The Kier molecular flexibility index (Phi) is 8.41. The summed E-state index contributed by atoms with van der Waals surface area (Å²) in [7, 11) is 0. The Morgan fingerprint density at radius 2 is 1.74 bits per heavy atom. The highest BCUT2D eigenvalue weighted by molar-refractivity contribution is 6.06. The molecule has 0 aliphatic carbocycles. The average Bonchev–Trinajstić information content (AvgIpc) is 2.70. The first-order valence-electron chi connectivity index (χ1n) is 8.82. The van der Waals surface area contributed by atoms with E-state index in [-0.39, 0.29) is 12.2 Å². The van der Waals surface area contributed by atoms with Gasteiger partial charge >= 0.3 is 0 Å². The Hall–Kier alpha value is -3.30. The minimum Gasteiger partial charge on any atom is -0.457 e. The van der Waals surface area contributed by atoms with Crippen LogP contribution in [0.5, 0.6) is 11.5 Å². The maximum absolute atomic E-state index is 12.2. The van der Waals surface area contributed by atoms with Crippen molar-refractivity contribution in [3.05, 3.63) is 66.4 Å². The summed E-state index contributed by atoms with van der Waals surface area (Å²) in [6.45, 7) is 0.820. The summed E-state index contributed by atoms with van der Waals surface area (Å²) in [5, 5.41) is 23.5. The van der Waals surface area contributed by atoms with Crippen LogP contribution in [0.4, 0.5) is 5.69 Å². The second-order valence-electron chi connectivity index (χ2n) is 5.80. The fraction of sp³-hybridized carbons (Fsp3) is 0.238. The number of nitriles is 1. The van der Waals surface area contributed by atoms with Gasteiger partial charge in [-0.15, -0.1) is 0 Å². The standard InChI is InChI=1S/C21H23N3O3/c22-15-17(16-23-13-5-2-6-14-25)21(26)24-18-9-11-20(12-10-18)27-19-7-3-1-4-8-19/h1,3-4,7-12,16,23,25H,2,5-6,13-14H2,(H,24,26)/b17-16-. The molecule has 6 nitrogen and oxygen atoms in total. The van der Waals surface area contributed by atoms with E-state index in [9.17, 15) is 4.79 Å². The van der Waals surface area contributed by atoms with Crippen molar-refractivity contribution in [3.8, 4) is 17.6 Å². The fourth-order valence-corrected chi connectivity index (χ4v) is 2.27. The van der Waals surface area contributed by atoms with Crippen LogP contribution in [0.2, 0.25) is 0 Å². The zero-order valence-electron chi connectivity index (χ0n) is 15.0. The molecule has 0 aliphatic heterocycles. The van der Waals surface area contributed by atoms with E-state index in [1.165, 1.54) is 6.20 Å². The van der Waals surface area contributed by atoms with Crippen LogP contribution in [0.3, 0.4) is 0 Å². The number of anilines is 1. The number of ether oxygens (including phenoxy) is 1. The third kappa shape index (κ3) is 7.22. The molecule has 0 aromatic heterocycles. The maximum Gasteiger partial charge on any atom is 0.267 e. The van der Waals surface area contributed by atoms with Gasteiger partial charge in [-0.3, -0.25) is 4.79 Å². The molecule has 2 rings (SSSR count). The number of hydrogen-bond acceptors (Lipinski definition) is 5. The Labute approximate surface area is 159 Å². The molecule has 0 radical (unpaired) electrons. The lowest BCUT2D eigenvalue weighted by Crippen LogP contribution is -2.17. The molecule has 0 saturated heterocycles. The molecule has 3 N–H and O–H groups in total. The summed E-state index contributed by atoms with van der Waals surface area (Å²) in [6, 6.07) is 18.2. The first kappa shape index (κ1) is 20.0. The van der Waals surface area contributed by atoms with E-state index in [1.54, 1.807) is 24.3 Å². The van der Waals surface area contributed by atoms with Crippen LogP contribution in [0.15, 0.2) is 66.4 Å². The first-order chi connectivity index (χ1) is 13.2. The van der Waals surface area contributed by atoms with Crippen LogP contribution < -0.4 is 15.4 Å². The predicted octanol–water partition coefficient (Wildman–Crippen LogP) is 3.58. The first-order valence-corrected chi connectivity index (χ1v) is 8.82. The molecule has 1 amide bonds. The number of rotatable bonds is 10. The van der Waals surface area contributed by atoms with Crippen molar-refractivity contribution >= 4 is 11.6 Å². The monoisotopic (exact) mass is 365 g/mol. The summed E-state index contributed by atoms with van der Waals surface area (Å²) in [6.07, 6.45) is 3.92. The SMILES string of the molecule is N#C/C(=C/NCCCCCO)C(=O)Nc1ccc(Oc2ccccc2)cc1. The normalized spacial score (nSPS) is 10.7. The molecule has 0 fully saturated rings. The molecular formula is C21H23N3O3. The molecule has 140 valence electrons. The number of nitrogens with one attached hydrogen (secondary N) is 2. The smallest absolute Gasteiger partial charge is 0.267 e. The van der Waals surface area contributed by atoms with Crippen LogP contribution in [-0.4, -0.2) is 24.2 Å². The molecule has 0 heterocycles. The van der Waals surface area contributed by atoms with Crippen LogP contribution in [0, 0.1) is 11.3 Å². The molecule has 0 atom stereocenters. The van der Waals surface area contributed by atoms with E-state index in [1.807, 2.05) is 36.4 Å². The Morgan fingerprint density at radius 3 is 2.41 bits per heavy atom. The van der Waals surface area contributed by atoms with Gasteiger partial charge in [-0.25, -0.2) is 0 Å². The zero-order valence-corrected chi connectivity index (χ0v) is 15.0. The van der Waals surface area contributed by atoms with Gasteiger partial charge in [-0.2, -0.15) is 5.26 Å². The minimum absolute atomic E-state index is 0.00164. The van der Waals surface area contributed by atoms with Gasteiger partial charge in [0.15, 0.2) is 0 Å². The highest BCUT2D eigenvalue weighted by Gasteiger charge is 2.09. The fourth-order valence-electron chi connectivity index (χ4n) is 2.27. The molecule has 6 heteroatoms. The Morgan fingerprint density at radius 1 is 1.04 bits per heavy atom. The second-order valence-corrected chi connectivity index (χ2v) is 5.80. The van der Waals surface area contributed by atoms with Gasteiger partial charge in [-0.05, 0) is 55.7 Å². The van der Waals surface area contributed by atoms with Crippen LogP contribution in [0.25, 0.3) is 0 Å². The molecular weight excluding hydrogens is 342 g/mol. The van der Waals surface area contributed by atoms with Crippen molar-refractivity contribution in [1.82, 2.24) is 5.32 Å². The van der Waals surface area contributed by atoms with E-state index >= 15 is 0 Å². The third-order valence-electron chi connectivity index (χ3n) is 3.68. The van der Waals surface area contributed by atoms with E-state index < -0.39 is 5.91 Å². The van der Waals surface area contributed by atoms with Crippen molar-refractivity contribution in [2.24, 2.45) is 0 Å². The number of unbranched alkanes of at least 4 members (excludes halogenated alkanes) is 2. The van der Waals surface area contributed by atoms with Crippen molar-refractivity contribution in [2.45, 2.75) is 19.3 Å². The molecule has 0 bridgehead atoms. The number of amides is 1. The van der Waals surface area contributed by atoms with Gasteiger partial charge in [0.2, 0.25) is 0 Å². The second kappa shape index (κ2) is 11.3. The predicted molar refractivity (Wildman–Crippen MR) is 104 cm³/mol. The van der Waals surface area contributed by atoms with Gasteiger partial charge in [-0.1, -0.05) is 18.2 Å². The zero-order chi connectivity index (χ0) is 19.3. The topological polar surface area (TPSA) is 94.4 Å². The summed E-state index contributed by atoms with van der Waals surface area (Å²) >= 11 is 0. The van der Waals surface area contributed by atoms with Crippen LogP contribution in [-0.2, 0) is 4.79 Å². The summed E-state index contributed by atoms with van der Waals surface area (Å²) in [5.41, 5.74) is 0.575. The molecule has 2 aromatic rings. The number of nitrogens with zero attached hydrogens (tertiary/aromatic N) is 1. The largest absolute Gasteiger partial charge is 0.457 e. The number of carbonyl (C=O) groups excluding carboxylic acids is 1. The van der Waals surface area contributed by atoms with Crippen molar-refractivity contribution < 1.29 is 14.6 Å². The van der Waals surface area contributed by atoms with Gasteiger partial charge < -0.3 is 20.5 Å². The lowest BCUT2D eigenvalue weighted by atomic mass is 10.2. The molecule has 0 saturated carbocycles. The van der Waals surface area contributed by atoms with E-state index in [2.05, 4.69) is 10.6 Å². The quantitative estimate of drug-likeness (QED) is 0.340. The lowest BCUT2D eigenvalue weighted by Gasteiger charge is -2.08. The van der Waals surface area contributed by atoms with Crippen LogP contribution >= 0.6 is 0 Å². The number of para-hydroxylation sites is 1. The number of benzene rings is 2. The Bertz CT molecular complexity index is 781. The number of aliphatic hydroxyl groups excluding tert-OH is 1. The van der Waals surface area contributed by atoms with Gasteiger partial charge in [0.05, 0.1) is 0 Å². The van der Waals surface area contributed by atoms with Gasteiger partial charge in [0.25, 0.3) is 5.91 Å². The highest BCUT2D eigenvalue weighted by atomic mass is 16.5. The molecule has 27 heavy (non-hydrogen) atoms. The van der Waals surface area contributed by atoms with Crippen molar-refractivity contribution in [1.29, 1.82) is 5.26 Å². The van der Waals surface area contributed by atoms with E-state index in [4.69, 9.17) is 15.1 Å². The van der Waals surface area contributed by atoms with E-state index in [0.29, 0.717) is 18.0 Å². The summed E-state index contributed by atoms with van der Waals surface area (Å²) in [4.78, 5) is 12.2. The summed E-state index contributed by atoms with van der Waals surface area (Å²) in [5.74, 6) is 0.908. The molecule has 0 aliphatic rings. The Balaban J connectivity index is 1.85.